The molecule has 0 aromatic heterocycles. The van der Waals surface area contributed by atoms with Gasteiger partial charge in [0.15, 0.2) is 0 Å². The highest BCUT2D eigenvalue weighted by atomic mass is 32.2. The fourth-order valence-electron chi connectivity index (χ4n) is 2.26. The predicted octanol–water partition coefficient (Wildman–Crippen LogP) is 4.65. The van der Waals surface area contributed by atoms with Crippen LogP contribution in [0, 0.1) is 0 Å². The third-order valence-electron chi connectivity index (χ3n) is 3.38. The maximum absolute atomic E-state index is 12.8. The lowest BCUT2D eigenvalue weighted by Crippen LogP contribution is -2.40. The molecule has 0 aliphatic rings. The second-order valence-electron chi connectivity index (χ2n) is 8.56. The van der Waals surface area contributed by atoms with Gasteiger partial charge in [-0.05, 0) is 47.1 Å². The van der Waals surface area contributed by atoms with Crippen molar-refractivity contribution in [2.24, 2.45) is 0 Å². The van der Waals surface area contributed by atoms with Crippen LogP contribution >= 0.6 is 23.5 Å². The standard InChI is InChI=1S/C21H34N2O5S2/c1-20(2,3)27-18(25)22-14-29-17(30-15-24)13-23(19(26)28-21(4,5)6)12-16-10-8-7-9-11-16/h7-11,17,24H,12-15H2,1-6H3,(H,22,25). The molecule has 170 valence electrons. The molecule has 0 aliphatic heterocycles. The molecule has 30 heavy (non-hydrogen) atoms. The summed E-state index contributed by atoms with van der Waals surface area (Å²) in [6, 6.07) is 9.65. The summed E-state index contributed by atoms with van der Waals surface area (Å²) in [7, 11) is 0. The van der Waals surface area contributed by atoms with E-state index >= 15 is 0 Å². The van der Waals surface area contributed by atoms with Crippen molar-refractivity contribution >= 4 is 35.7 Å². The Kier molecular flexibility index (Phi) is 10.9. The van der Waals surface area contributed by atoms with Crippen molar-refractivity contribution in [3.8, 4) is 0 Å². The van der Waals surface area contributed by atoms with Gasteiger partial charge in [-0.15, -0.1) is 23.5 Å². The van der Waals surface area contributed by atoms with Crippen LogP contribution in [0.1, 0.15) is 47.1 Å². The third kappa shape index (κ3) is 12.2. The highest BCUT2D eigenvalue weighted by molar-refractivity contribution is 8.16. The summed E-state index contributed by atoms with van der Waals surface area (Å²) in [5, 5.41) is 12.1. The van der Waals surface area contributed by atoms with Crippen LogP contribution in [0.5, 0.6) is 0 Å². The smallest absolute Gasteiger partial charge is 0.410 e. The Labute approximate surface area is 188 Å². The SMILES string of the molecule is CC(C)(C)OC(=O)NCSC(CN(Cc1ccccc1)C(=O)OC(C)(C)C)SCO. The number of hydrogen-bond acceptors (Lipinski definition) is 7. The monoisotopic (exact) mass is 458 g/mol. The number of amides is 2. The van der Waals surface area contributed by atoms with E-state index in [1.807, 2.05) is 51.1 Å². The molecule has 1 rings (SSSR count). The molecule has 7 nitrogen and oxygen atoms in total. The zero-order chi connectivity index (χ0) is 22.8. The summed E-state index contributed by atoms with van der Waals surface area (Å²) < 4.78 is 10.6. The van der Waals surface area contributed by atoms with Crippen LogP contribution in [0.15, 0.2) is 30.3 Å². The van der Waals surface area contributed by atoms with E-state index in [9.17, 15) is 14.7 Å². The number of carbonyl (C=O) groups is 2. The van der Waals surface area contributed by atoms with Crippen LogP contribution in [0.25, 0.3) is 0 Å². The summed E-state index contributed by atoms with van der Waals surface area (Å²) in [5.74, 6) is 0.192. The van der Waals surface area contributed by atoms with Crippen molar-refractivity contribution in [1.82, 2.24) is 10.2 Å². The van der Waals surface area contributed by atoms with Gasteiger partial charge in [-0.3, -0.25) is 0 Å². The van der Waals surface area contributed by atoms with E-state index in [0.717, 1.165) is 5.56 Å². The van der Waals surface area contributed by atoms with Gasteiger partial charge in [-0.1, -0.05) is 30.3 Å². The zero-order valence-corrected chi connectivity index (χ0v) is 20.3. The van der Waals surface area contributed by atoms with Gasteiger partial charge in [0.1, 0.15) is 11.2 Å². The molecule has 1 unspecified atom stereocenters. The fourth-order valence-corrected chi connectivity index (χ4v) is 4.15. The minimum atomic E-state index is -0.614. The van der Waals surface area contributed by atoms with Gasteiger partial charge in [0, 0.05) is 13.1 Å². The predicted molar refractivity (Wildman–Crippen MR) is 123 cm³/mol. The number of carbonyl (C=O) groups excluding carboxylic acids is 2. The van der Waals surface area contributed by atoms with E-state index in [2.05, 4.69) is 5.32 Å². The Hall–Kier alpha value is -1.58. The van der Waals surface area contributed by atoms with E-state index in [0.29, 0.717) is 19.0 Å². The number of nitrogens with zero attached hydrogens (tertiary/aromatic N) is 1. The van der Waals surface area contributed by atoms with Gasteiger partial charge >= 0.3 is 12.2 Å². The van der Waals surface area contributed by atoms with Gasteiger partial charge in [0.2, 0.25) is 0 Å². The van der Waals surface area contributed by atoms with Crippen LogP contribution in [0.4, 0.5) is 9.59 Å². The molecular weight excluding hydrogens is 424 g/mol. The van der Waals surface area contributed by atoms with Crippen molar-refractivity contribution in [2.75, 3.05) is 18.4 Å². The highest BCUT2D eigenvalue weighted by Gasteiger charge is 2.25. The molecule has 0 saturated carbocycles. The third-order valence-corrected chi connectivity index (χ3v) is 5.70. The van der Waals surface area contributed by atoms with Crippen LogP contribution < -0.4 is 5.32 Å². The molecule has 9 heteroatoms. The zero-order valence-electron chi connectivity index (χ0n) is 18.6. The molecule has 0 aliphatic carbocycles. The quantitative estimate of drug-likeness (QED) is 0.521. The summed E-state index contributed by atoms with van der Waals surface area (Å²) in [4.78, 5) is 26.2. The Balaban J connectivity index is 2.77. The molecule has 0 spiro atoms. The topological polar surface area (TPSA) is 88.1 Å². The van der Waals surface area contributed by atoms with Crippen LogP contribution in [-0.4, -0.2) is 56.3 Å². The number of alkyl carbamates (subject to hydrolysis) is 1. The van der Waals surface area contributed by atoms with Crippen LogP contribution in [0.2, 0.25) is 0 Å². The first-order chi connectivity index (χ1) is 13.9. The minimum Gasteiger partial charge on any atom is -0.444 e. The molecule has 2 N–H and O–H groups in total. The molecule has 0 saturated heterocycles. The first kappa shape index (κ1) is 26.5. The highest BCUT2D eigenvalue weighted by Crippen LogP contribution is 2.25. The summed E-state index contributed by atoms with van der Waals surface area (Å²) in [6.07, 6.45) is -0.924. The number of rotatable bonds is 9. The van der Waals surface area contributed by atoms with Crippen molar-refractivity contribution in [3.05, 3.63) is 35.9 Å². The lowest BCUT2D eigenvalue weighted by atomic mass is 10.2. The molecule has 0 heterocycles. The number of benzene rings is 1. The van der Waals surface area contributed by atoms with Gasteiger partial charge in [-0.25, -0.2) is 9.59 Å². The average Bonchev–Trinajstić information content (AvgIpc) is 2.59. The van der Waals surface area contributed by atoms with E-state index in [-0.39, 0.29) is 10.5 Å². The minimum absolute atomic E-state index is 0.0996. The Bertz CT molecular complexity index is 660. The number of nitrogens with one attached hydrogen (secondary N) is 1. The van der Waals surface area contributed by atoms with Crippen molar-refractivity contribution in [1.29, 1.82) is 0 Å². The molecular formula is C21H34N2O5S2. The molecule has 0 bridgehead atoms. The maximum atomic E-state index is 12.8. The first-order valence-corrected chi connectivity index (χ1v) is 11.8. The Morgan fingerprint density at radius 2 is 1.63 bits per heavy atom. The second-order valence-corrected chi connectivity index (χ2v) is 11.2. The fraction of sp³-hybridized carbons (Fsp3) is 0.619. The molecule has 0 radical (unpaired) electrons. The molecule has 1 aromatic rings. The summed E-state index contributed by atoms with van der Waals surface area (Å²) >= 11 is 2.71. The lowest BCUT2D eigenvalue weighted by Gasteiger charge is -2.30. The van der Waals surface area contributed by atoms with Gasteiger partial charge < -0.3 is 24.8 Å². The van der Waals surface area contributed by atoms with Crippen molar-refractivity contribution in [3.63, 3.8) is 0 Å². The largest absolute Gasteiger partial charge is 0.444 e. The van der Waals surface area contributed by atoms with Gasteiger partial charge in [0.05, 0.1) is 16.4 Å². The number of thioether (sulfide) groups is 2. The Morgan fingerprint density at radius 1 is 1.03 bits per heavy atom. The van der Waals surface area contributed by atoms with Crippen LogP contribution in [-0.2, 0) is 16.0 Å². The lowest BCUT2D eigenvalue weighted by molar-refractivity contribution is 0.0242. The van der Waals surface area contributed by atoms with E-state index in [4.69, 9.17) is 9.47 Å². The number of aliphatic hydroxyl groups excluding tert-OH is 1. The average molecular weight is 459 g/mol. The first-order valence-electron chi connectivity index (χ1n) is 9.72. The normalized spacial score (nSPS) is 12.8. The van der Waals surface area contributed by atoms with E-state index < -0.39 is 23.4 Å². The number of aliphatic hydroxyl groups is 1. The molecule has 1 atom stereocenters. The number of ether oxygens (including phenoxy) is 2. The molecule has 0 fully saturated rings. The van der Waals surface area contributed by atoms with Crippen molar-refractivity contribution < 1.29 is 24.2 Å². The maximum Gasteiger partial charge on any atom is 0.410 e. The summed E-state index contributed by atoms with van der Waals surface area (Å²) in [5.41, 5.74) is -0.207. The molecule has 1 aromatic carbocycles. The van der Waals surface area contributed by atoms with Gasteiger partial charge in [-0.2, -0.15) is 0 Å². The van der Waals surface area contributed by atoms with E-state index in [1.54, 1.807) is 25.7 Å². The van der Waals surface area contributed by atoms with Gasteiger partial charge in [0.25, 0.3) is 0 Å². The number of hydrogen-bond donors (Lipinski definition) is 2. The van der Waals surface area contributed by atoms with Crippen molar-refractivity contribution in [2.45, 2.75) is 63.9 Å². The van der Waals surface area contributed by atoms with E-state index in [1.165, 1.54) is 23.5 Å². The Morgan fingerprint density at radius 3 is 2.17 bits per heavy atom. The van der Waals surface area contributed by atoms with Crippen LogP contribution in [0.3, 0.4) is 0 Å². The second kappa shape index (κ2) is 12.3. The summed E-state index contributed by atoms with van der Waals surface area (Å²) in [6.45, 7) is 11.6. The molecule has 2 amide bonds.